The molecule has 1 saturated carbocycles. The van der Waals surface area contributed by atoms with E-state index in [-0.39, 0.29) is 0 Å². The maximum absolute atomic E-state index is 12.0. The molecule has 4 atom stereocenters. The molecule has 0 aromatic heterocycles. The van der Waals surface area contributed by atoms with Crippen molar-refractivity contribution in [2.45, 2.75) is 46.5 Å². The second-order valence-corrected chi connectivity index (χ2v) is 5.48. The Morgan fingerprint density at radius 3 is 2.53 bits per heavy atom. The van der Waals surface area contributed by atoms with Crippen molar-refractivity contribution in [1.82, 2.24) is 0 Å². The van der Waals surface area contributed by atoms with Gasteiger partial charge in [-0.3, -0.25) is 4.79 Å². The second-order valence-electron chi connectivity index (χ2n) is 5.48. The van der Waals surface area contributed by atoms with Gasteiger partial charge in [0.1, 0.15) is 5.78 Å². The van der Waals surface area contributed by atoms with Gasteiger partial charge in [-0.05, 0) is 43.6 Å². The maximum atomic E-state index is 12.0. The Hall–Kier alpha value is -0.370. The second kappa shape index (κ2) is 5.64. The molecule has 0 radical (unpaired) electrons. The van der Waals surface area contributed by atoms with Gasteiger partial charge in [0.25, 0.3) is 0 Å². The normalized spacial score (nSPS) is 33.7. The summed E-state index contributed by atoms with van der Waals surface area (Å²) >= 11 is 0. The molecule has 4 unspecified atom stereocenters. The summed E-state index contributed by atoms with van der Waals surface area (Å²) in [5, 5.41) is 0. The van der Waals surface area contributed by atoms with Crippen LogP contribution in [0.4, 0.5) is 0 Å². The molecule has 1 aliphatic rings. The Balaban J connectivity index is 2.40. The zero-order chi connectivity index (χ0) is 11.4. The molecule has 0 aliphatic heterocycles. The number of hydrogen-bond acceptors (Lipinski definition) is 2. The van der Waals surface area contributed by atoms with E-state index in [0.29, 0.717) is 36.5 Å². The van der Waals surface area contributed by atoms with Gasteiger partial charge in [0.2, 0.25) is 0 Å². The topological polar surface area (TPSA) is 43.1 Å². The lowest BCUT2D eigenvalue weighted by molar-refractivity contribution is -0.125. The van der Waals surface area contributed by atoms with Crippen molar-refractivity contribution in [1.29, 1.82) is 0 Å². The van der Waals surface area contributed by atoms with Crippen molar-refractivity contribution in [2.75, 3.05) is 6.54 Å². The summed E-state index contributed by atoms with van der Waals surface area (Å²) in [6, 6.07) is 0. The number of ketones is 1. The summed E-state index contributed by atoms with van der Waals surface area (Å²) in [4.78, 5) is 12.0. The average molecular weight is 211 g/mol. The van der Waals surface area contributed by atoms with E-state index < -0.39 is 0 Å². The molecule has 0 spiro atoms. The minimum absolute atomic E-state index is 0.324. The summed E-state index contributed by atoms with van der Waals surface area (Å²) in [5.74, 6) is 2.63. The van der Waals surface area contributed by atoms with E-state index in [2.05, 4.69) is 20.8 Å². The molecule has 2 heteroatoms. The van der Waals surface area contributed by atoms with Crippen LogP contribution in [0.25, 0.3) is 0 Å². The summed E-state index contributed by atoms with van der Waals surface area (Å²) in [7, 11) is 0. The summed E-state index contributed by atoms with van der Waals surface area (Å²) < 4.78 is 0. The van der Waals surface area contributed by atoms with E-state index in [1.54, 1.807) is 0 Å². The van der Waals surface area contributed by atoms with Crippen molar-refractivity contribution < 1.29 is 4.79 Å². The largest absolute Gasteiger partial charge is 0.330 e. The lowest BCUT2D eigenvalue weighted by Crippen LogP contribution is -2.28. The highest BCUT2D eigenvalue weighted by atomic mass is 16.1. The van der Waals surface area contributed by atoms with Crippen LogP contribution in [0.1, 0.15) is 46.5 Å². The van der Waals surface area contributed by atoms with E-state index in [4.69, 9.17) is 5.73 Å². The third kappa shape index (κ3) is 3.60. The van der Waals surface area contributed by atoms with Crippen LogP contribution >= 0.6 is 0 Å². The SMILES string of the molecule is CC(CN)CC(=O)C1CCC(C)C(C)C1. The Morgan fingerprint density at radius 1 is 1.33 bits per heavy atom. The average Bonchev–Trinajstić information content (AvgIpc) is 2.21. The molecular formula is C13H25NO. The van der Waals surface area contributed by atoms with Crippen LogP contribution in [0.5, 0.6) is 0 Å². The van der Waals surface area contributed by atoms with Gasteiger partial charge >= 0.3 is 0 Å². The minimum atomic E-state index is 0.324. The summed E-state index contributed by atoms with van der Waals surface area (Å²) in [6.07, 6.45) is 4.09. The van der Waals surface area contributed by atoms with Crippen molar-refractivity contribution in [3.63, 3.8) is 0 Å². The molecule has 88 valence electrons. The van der Waals surface area contributed by atoms with E-state index in [1.807, 2.05) is 0 Å². The van der Waals surface area contributed by atoms with Crippen LogP contribution in [0, 0.1) is 23.7 Å². The molecule has 1 rings (SSSR count). The van der Waals surface area contributed by atoms with Gasteiger partial charge in [0, 0.05) is 12.3 Å². The Kier molecular flexibility index (Phi) is 4.78. The zero-order valence-electron chi connectivity index (χ0n) is 10.3. The molecule has 1 aliphatic carbocycles. The van der Waals surface area contributed by atoms with Gasteiger partial charge in [-0.1, -0.05) is 20.8 Å². The molecule has 15 heavy (non-hydrogen) atoms. The quantitative estimate of drug-likeness (QED) is 0.776. The monoisotopic (exact) mass is 211 g/mol. The maximum Gasteiger partial charge on any atom is 0.136 e. The highest BCUT2D eigenvalue weighted by molar-refractivity contribution is 5.81. The van der Waals surface area contributed by atoms with Gasteiger partial charge in [0.15, 0.2) is 0 Å². The smallest absolute Gasteiger partial charge is 0.136 e. The highest BCUT2D eigenvalue weighted by Gasteiger charge is 2.29. The summed E-state index contributed by atoms with van der Waals surface area (Å²) in [6.45, 7) is 7.27. The molecule has 0 aromatic carbocycles. The first kappa shape index (κ1) is 12.7. The number of carbonyl (C=O) groups excluding carboxylic acids is 1. The van der Waals surface area contributed by atoms with Crippen LogP contribution < -0.4 is 5.73 Å². The Labute approximate surface area is 93.6 Å². The number of nitrogens with two attached hydrogens (primary N) is 1. The summed E-state index contributed by atoms with van der Waals surface area (Å²) in [5.41, 5.74) is 5.55. The first-order valence-electron chi connectivity index (χ1n) is 6.27. The van der Waals surface area contributed by atoms with Gasteiger partial charge in [0.05, 0.1) is 0 Å². The predicted molar refractivity (Wildman–Crippen MR) is 63.5 cm³/mol. The van der Waals surface area contributed by atoms with Crippen LogP contribution in [0.2, 0.25) is 0 Å². The molecule has 0 saturated heterocycles. The molecule has 0 heterocycles. The fourth-order valence-corrected chi connectivity index (χ4v) is 2.43. The lowest BCUT2D eigenvalue weighted by atomic mass is 9.73. The van der Waals surface area contributed by atoms with Gasteiger partial charge in [-0.2, -0.15) is 0 Å². The fraction of sp³-hybridized carbons (Fsp3) is 0.923. The molecular weight excluding hydrogens is 186 g/mol. The van der Waals surface area contributed by atoms with Gasteiger partial charge < -0.3 is 5.73 Å². The predicted octanol–water partition coefficient (Wildman–Crippen LogP) is 2.61. The van der Waals surface area contributed by atoms with Gasteiger partial charge in [-0.25, -0.2) is 0 Å². The molecule has 2 N–H and O–H groups in total. The third-order valence-electron chi connectivity index (χ3n) is 4.01. The molecule has 0 aromatic rings. The first-order valence-corrected chi connectivity index (χ1v) is 6.27. The van der Waals surface area contributed by atoms with E-state index in [0.717, 1.165) is 18.8 Å². The minimum Gasteiger partial charge on any atom is -0.330 e. The number of rotatable bonds is 4. The highest BCUT2D eigenvalue weighted by Crippen LogP contribution is 2.34. The molecule has 1 fully saturated rings. The van der Waals surface area contributed by atoms with Crippen molar-refractivity contribution >= 4 is 5.78 Å². The number of carbonyl (C=O) groups is 1. The lowest BCUT2D eigenvalue weighted by Gasteiger charge is -2.31. The van der Waals surface area contributed by atoms with Crippen LogP contribution in [0.15, 0.2) is 0 Å². The van der Waals surface area contributed by atoms with E-state index in [9.17, 15) is 4.79 Å². The van der Waals surface area contributed by atoms with E-state index in [1.165, 1.54) is 6.42 Å². The Morgan fingerprint density at radius 2 is 2.00 bits per heavy atom. The van der Waals surface area contributed by atoms with Crippen molar-refractivity contribution in [3.8, 4) is 0 Å². The van der Waals surface area contributed by atoms with Crippen molar-refractivity contribution in [3.05, 3.63) is 0 Å². The van der Waals surface area contributed by atoms with Crippen LogP contribution in [-0.2, 0) is 4.79 Å². The van der Waals surface area contributed by atoms with E-state index >= 15 is 0 Å². The van der Waals surface area contributed by atoms with Crippen molar-refractivity contribution in [2.24, 2.45) is 29.4 Å². The van der Waals surface area contributed by atoms with Gasteiger partial charge in [-0.15, -0.1) is 0 Å². The standard InChI is InChI=1S/C13H25NO/c1-9(8-14)6-13(15)12-5-4-10(2)11(3)7-12/h9-12H,4-8,14H2,1-3H3. The molecule has 0 amide bonds. The molecule has 2 nitrogen and oxygen atoms in total. The van der Waals surface area contributed by atoms with Crippen LogP contribution in [0.3, 0.4) is 0 Å². The number of Topliss-reactive ketones (excluding diaryl/α,β-unsaturated/α-hetero) is 1. The number of hydrogen-bond donors (Lipinski definition) is 1. The fourth-order valence-electron chi connectivity index (χ4n) is 2.43. The Bertz CT molecular complexity index is 215. The molecule has 0 bridgehead atoms. The first-order chi connectivity index (χ1) is 7.04. The zero-order valence-corrected chi connectivity index (χ0v) is 10.3. The van der Waals surface area contributed by atoms with Crippen LogP contribution in [-0.4, -0.2) is 12.3 Å². The third-order valence-corrected chi connectivity index (χ3v) is 4.01.